The lowest BCUT2D eigenvalue weighted by atomic mass is 10.1. The van der Waals surface area contributed by atoms with Crippen LogP contribution in [0.3, 0.4) is 0 Å². The summed E-state index contributed by atoms with van der Waals surface area (Å²) in [4.78, 5) is 23.4. The van der Waals surface area contributed by atoms with Crippen LogP contribution < -0.4 is 0 Å². The Morgan fingerprint density at radius 3 is 2.95 bits per heavy atom. The molecule has 0 spiro atoms. The smallest absolute Gasteiger partial charge is 0.348 e. The lowest BCUT2D eigenvalue weighted by Gasteiger charge is -2.22. The average Bonchev–Trinajstić information content (AvgIpc) is 2.89. The maximum absolute atomic E-state index is 11.8. The molecular formula is C14H18O4S. The molecule has 0 aromatic carbocycles. The van der Waals surface area contributed by atoms with Gasteiger partial charge in [-0.15, -0.1) is 11.3 Å². The molecule has 1 saturated heterocycles. The quantitative estimate of drug-likeness (QED) is 0.615. The van der Waals surface area contributed by atoms with E-state index < -0.39 is 0 Å². The van der Waals surface area contributed by atoms with E-state index in [4.69, 9.17) is 9.47 Å². The van der Waals surface area contributed by atoms with Crippen molar-refractivity contribution in [3.05, 3.63) is 21.9 Å². The Morgan fingerprint density at radius 2 is 2.32 bits per heavy atom. The van der Waals surface area contributed by atoms with Crippen LogP contribution in [0, 0.1) is 0 Å². The van der Waals surface area contributed by atoms with Gasteiger partial charge >= 0.3 is 5.97 Å². The molecule has 0 aliphatic carbocycles. The fourth-order valence-electron chi connectivity index (χ4n) is 2.02. The van der Waals surface area contributed by atoms with E-state index >= 15 is 0 Å². The van der Waals surface area contributed by atoms with Crippen molar-refractivity contribution in [2.75, 3.05) is 13.2 Å². The van der Waals surface area contributed by atoms with Crippen molar-refractivity contribution in [1.29, 1.82) is 0 Å². The summed E-state index contributed by atoms with van der Waals surface area (Å²) in [6, 6.07) is 1.59. The van der Waals surface area contributed by atoms with Crippen molar-refractivity contribution < 1.29 is 19.1 Å². The monoisotopic (exact) mass is 282 g/mol. The molecule has 0 radical (unpaired) electrons. The highest BCUT2D eigenvalue weighted by atomic mass is 32.1. The van der Waals surface area contributed by atoms with E-state index in [0.29, 0.717) is 17.0 Å². The molecule has 1 aliphatic rings. The Labute approximate surface area is 116 Å². The number of hydrogen-bond donors (Lipinski definition) is 0. The minimum absolute atomic E-state index is 0.0362. The number of ketones is 1. The molecule has 0 bridgehead atoms. The van der Waals surface area contributed by atoms with Gasteiger partial charge in [-0.05, 0) is 32.3 Å². The van der Waals surface area contributed by atoms with Crippen molar-refractivity contribution in [2.45, 2.75) is 38.7 Å². The number of carbonyl (C=O) groups is 2. The van der Waals surface area contributed by atoms with Gasteiger partial charge in [0.2, 0.25) is 0 Å². The van der Waals surface area contributed by atoms with Gasteiger partial charge in [-0.1, -0.05) is 0 Å². The van der Waals surface area contributed by atoms with Crippen LogP contribution >= 0.6 is 11.3 Å². The maximum atomic E-state index is 11.8. The van der Waals surface area contributed by atoms with Crippen molar-refractivity contribution in [1.82, 2.24) is 0 Å². The number of hydrogen-bond acceptors (Lipinski definition) is 5. The lowest BCUT2D eigenvalue weighted by Crippen LogP contribution is -2.21. The summed E-state index contributed by atoms with van der Waals surface area (Å²) in [6.45, 7) is 2.67. The third-order valence-corrected chi connectivity index (χ3v) is 4.06. The van der Waals surface area contributed by atoms with Gasteiger partial charge in [0.05, 0.1) is 12.7 Å². The number of rotatable bonds is 5. The molecule has 0 saturated carbocycles. The molecule has 19 heavy (non-hydrogen) atoms. The summed E-state index contributed by atoms with van der Waals surface area (Å²) in [6.07, 6.45) is 4.32. The first-order chi connectivity index (χ1) is 9.16. The van der Waals surface area contributed by atoms with Gasteiger partial charge in [-0.3, -0.25) is 4.79 Å². The number of thiophene rings is 1. The van der Waals surface area contributed by atoms with Gasteiger partial charge in [-0.25, -0.2) is 4.79 Å². The van der Waals surface area contributed by atoms with E-state index in [9.17, 15) is 9.59 Å². The fourth-order valence-corrected chi connectivity index (χ4v) is 2.86. The van der Waals surface area contributed by atoms with Gasteiger partial charge in [0.25, 0.3) is 0 Å². The van der Waals surface area contributed by atoms with Gasteiger partial charge in [0.1, 0.15) is 4.88 Å². The molecule has 1 fully saturated rings. The summed E-state index contributed by atoms with van der Waals surface area (Å²) >= 11 is 1.25. The average molecular weight is 282 g/mol. The topological polar surface area (TPSA) is 52.6 Å². The van der Waals surface area contributed by atoms with Crippen LogP contribution in [0.4, 0.5) is 0 Å². The molecule has 1 aromatic heterocycles. The first-order valence-corrected chi connectivity index (χ1v) is 7.43. The zero-order valence-corrected chi connectivity index (χ0v) is 11.8. The first-order valence-electron chi connectivity index (χ1n) is 6.55. The second kappa shape index (κ2) is 6.82. The van der Waals surface area contributed by atoms with Crippen molar-refractivity contribution in [3.8, 4) is 0 Å². The minimum atomic E-state index is -0.353. The highest BCUT2D eigenvalue weighted by Crippen LogP contribution is 2.18. The Balaban J connectivity index is 1.75. The molecule has 5 heteroatoms. The Hall–Kier alpha value is -1.20. The summed E-state index contributed by atoms with van der Waals surface area (Å²) < 4.78 is 10.8. The Bertz CT molecular complexity index is 446. The van der Waals surface area contributed by atoms with Crippen molar-refractivity contribution in [3.63, 3.8) is 0 Å². The predicted molar refractivity (Wildman–Crippen MR) is 72.8 cm³/mol. The molecule has 0 amide bonds. The van der Waals surface area contributed by atoms with E-state index in [-0.39, 0.29) is 17.9 Å². The molecule has 1 atom stereocenters. The van der Waals surface area contributed by atoms with E-state index in [1.807, 2.05) is 0 Å². The van der Waals surface area contributed by atoms with Gasteiger partial charge in [0, 0.05) is 24.0 Å². The standard InChI is InChI=1S/C14H18O4S/c1-10(15)11-8-13(19-9-11)14(16)18-7-5-12-4-2-3-6-17-12/h8-9,12H,2-7H2,1H3/t12-/m1/s1. The highest BCUT2D eigenvalue weighted by molar-refractivity contribution is 7.12. The molecule has 0 unspecified atom stereocenters. The first kappa shape index (κ1) is 14.2. The van der Waals surface area contributed by atoms with Crippen LogP contribution in [-0.4, -0.2) is 31.1 Å². The fraction of sp³-hybridized carbons (Fsp3) is 0.571. The number of Topliss-reactive ketones (excluding diaryl/α,β-unsaturated/α-hetero) is 1. The summed E-state index contributed by atoms with van der Waals surface area (Å²) in [5, 5.41) is 1.68. The number of carbonyl (C=O) groups excluding carboxylic acids is 2. The molecular weight excluding hydrogens is 264 g/mol. The van der Waals surface area contributed by atoms with E-state index in [2.05, 4.69) is 0 Å². The second-order valence-corrected chi connectivity index (χ2v) is 5.58. The van der Waals surface area contributed by atoms with Crippen molar-refractivity contribution >= 4 is 23.1 Å². The molecule has 1 aliphatic heterocycles. The summed E-state index contributed by atoms with van der Waals surface area (Å²) in [7, 11) is 0. The second-order valence-electron chi connectivity index (χ2n) is 4.67. The predicted octanol–water partition coefficient (Wildman–Crippen LogP) is 3.07. The van der Waals surface area contributed by atoms with E-state index in [0.717, 1.165) is 25.9 Å². The lowest BCUT2D eigenvalue weighted by molar-refractivity contribution is -0.00434. The molecule has 1 aromatic rings. The summed E-state index contributed by atoms with van der Waals surface area (Å²) in [5.74, 6) is -0.390. The largest absolute Gasteiger partial charge is 0.461 e. The van der Waals surface area contributed by atoms with Crippen molar-refractivity contribution in [2.24, 2.45) is 0 Å². The molecule has 2 rings (SSSR count). The van der Waals surface area contributed by atoms with Crippen LogP contribution in [0.1, 0.15) is 52.6 Å². The van der Waals surface area contributed by atoms with Crippen LogP contribution in [-0.2, 0) is 9.47 Å². The molecule has 104 valence electrons. The third kappa shape index (κ3) is 4.14. The molecule has 2 heterocycles. The van der Waals surface area contributed by atoms with Crippen LogP contribution in [0.25, 0.3) is 0 Å². The Kier molecular flexibility index (Phi) is 5.10. The minimum Gasteiger partial charge on any atom is -0.461 e. The maximum Gasteiger partial charge on any atom is 0.348 e. The molecule has 0 N–H and O–H groups in total. The van der Waals surface area contributed by atoms with E-state index in [1.165, 1.54) is 24.7 Å². The zero-order chi connectivity index (χ0) is 13.7. The number of esters is 1. The summed E-state index contributed by atoms with van der Waals surface area (Å²) in [5.41, 5.74) is 0.563. The van der Waals surface area contributed by atoms with Crippen LogP contribution in [0.15, 0.2) is 11.4 Å². The van der Waals surface area contributed by atoms with Crippen LogP contribution in [0.2, 0.25) is 0 Å². The Morgan fingerprint density at radius 1 is 1.47 bits per heavy atom. The normalized spacial score (nSPS) is 19.1. The third-order valence-electron chi connectivity index (χ3n) is 3.15. The number of ether oxygens (including phenoxy) is 2. The van der Waals surface area contributed by atoms with Gasteiger partial charge in [0.15, 0.2) is 5.78 Å². The van der Waals surface area contributed by atoms with Crippen LogP contribution in [0.5, 0.6) is 0 Å². The highest BCUT2D eigenvalue weighted by Gasteiger charge is 2.16. The van der Waals surface area contributed by atoms with E-state index in [1.54, 1.807) is 11.4 Å². The molecule has 4 nitrogen and oxygen atoms in total. The van der Waals surface area contributed by atoms with Gasteiger partial charge in [-0.2, -0.15) is 0 Å². The van der Waals surface area contributed by atoms with Gasteiger partial charge < -0.3 is 9.47 Å². The SMILES string of the molecule is CC(=O)c1csc(C(=O)OCC[C@H]2CCCCO2)c1. The zero-order valence-electron chi connectivity index (χ0n) is 11.0.